The topological polar surface area (TPSA) is 104 Å². The van der Waals surface area contributed by atoms with Crippen LogP contribution < -0.4 is 0 Å². The Morgan fingerprint density at radius 2 is 1.34 bits per heavy atom. The van der Waals surface area contributed by atoms with E-state index < -0.39 is 73.6 Å². The van der Waals surface area contributed by atoms with Crippen molar-refractivity contribution in [3.8, 4) is 0 Å². The number of rotatable bonds is 9. The van der Waals surface area contributed by atoms with E-state index in [9.17, 15) is 36.7 Å². The molecule has 1 aromatic rings. The first-order chi connectivity index (χ1) is 16.4. The van der Waals surface area contributed by atoms with Crippen LogP contribution in [0.1, 0.15) is 44.1 Å². The maximum Gasteiger partial charge on any atom is 0.329 e. The smallest absolute Gasteiger partial charge is 0.329 e. The minimum atomic E-state index is -3.29. The van der Waals surface area contributed by atoms with Crippen molar-refractivity contribution in [2.24, 2.45) is 0 Å². The normalized spacial score (nSPS) is 22.7. The lowest BCUT2D eigenvalue weighted by atomic mass is 10.1. The molecule has 8 nitrogen and oxygen atoms in total. The molecule has 0 bridgehead atoms. The number of ether oxygens (including phenoxy) is 1. The van der Waals surface area contributed by atoms with Crippen LogP contribution in [-0.2, 0) is 30.5 Å². The van der Waals surface area contributed by atoms with Crippen LogP contribution in [0.15, 0.2) is 30.3 Å². The van der Waals surface area contributed by atoms with E-state index in [1.54, 1.807) is 30.3 Å². The van der Waals surface area contributed by atoms with Gasteiger partial charge in [0, 0.05) is 25.7 Å². The van der Waals surface area contributed by atoms with E-state index in [0.29, 0.717) is 10.5 Å². The van der Waals surface area contributed by atoms with Gasteiger partial charge in [0.1, 0.15) is 18.7 Å². The molecular formula is C23H26F4N2O6. The first-order valence-electron chi connectivity index (χ1n) is 11.2. The molecule has 0 unspecified atom stereocenters. The van der Waals surface area contributed by atoms with Gasteiger partial charge >= 0.3 is 11.9 Å². The van der Waals surface area contributed by atoms with Crippen LogP contribution >= 0.6 is 0 Å². The number of esters is 1. The Morgan fingerprint density at radius 3 is 1.86 bits per heavy atom. The number of hydrogen-bond donors (Lipinski definition) is 1. The lowest BCUT2D eigenvalue weighted by Gasteiger charge is -2.23. The van der Waals surface area contributed by atoms with Gasteiger partial charge in [-0.1, -0.05) is 30.3 Å². The molecule has 3 rings (SSSR count). The SMILES string of the molecule is O=C(O)[C@H]1CC(F)(F)CN1C(=O)CCCCC(=O)N1CC(F)(F)C[C@@H]1C(=O)OCc1ccccc1. The molecular weight excluding hydrogens is 476 g/mol. The van der Waals surface area contributed by atoms with Gasteiger partial charge < -0.3 is 19.6 Å². The molecule has 0 spiro atoms. The molecule has 0 aliphatic carbocycles. The maximum atomic E-state index is 14.0. The summed E-state index contributed by atoms with van der Waals surface area (Å²) in [5.74, 6) is -10.5. The summed E-state index contributed by atoms with van der Waals surface area (Å²) in [5, 5.41) is 9.07. The highest BCUT2D eigenvalue weighted by Crippen LogP contribution is 2.34. The Labute approximate surface area is 198 Å². The fourth-order valence-electron chi connectivity index (χ4n) is 4.25. The Morgan fingerprint density at radius 1 is 0.857 bits per heavy atom. The van der Waals surface area contributed by atoms with Crippen molar-refractivity contribution in [1.82, 2.24) is 9.80 Å². The number of hydrogen-bond acceptors (Lipinski definition) is 5. The van der Waals surface area contributed by atoms with Crippen molar-refractivity contribution in [2.45, 2.75) is 69.1 Å². The van der Waals surface area contributed by atoms with E-state index in [1.165, 1.54) is 0 Å². The van der Waals surface area contributed by atoms with Crippen molar-refractivity contribution >= 4 is 23.8 Å². The number of halogens is 4. The standard InChI is InChI=1S/C23H26F4N2O6/c24-22(25)10-16(20(32)33)28(13-22)18(30)8-4-5-9-19(31)29-14-23(26,27)11-17(29)21(34)35-12-15-6-2-1-3-7-15/h1-3,6-7,16-17H,4-5,8-14H2,(H,32,33)/t16-,17-/m1/s1. The highest BCUT2D eigenvalue weighted by Gasteiger charge is 2.51. The van der Waals surface area contributed by atoms with E-state index in [-0.39, 0.29) is 32.3 Å². The summed E-state index contributed by atoms with van der Waals surface area (Å²) in [6.45, 7) is -2.05. The van der Waals surface area contributed by atoms with Crippen LogP contribution in [0.4, 0.5) is 17.6 Å². The molecule has 0 radical (unpaired) electrons. The summed E-state index contributed by atoms with van der Waals surface area (Å²) in [6, 6.07) is 5.56. The molecule has 2 heterocycles. The van der Waals surface area contributed by atoms with Crippen molar-refractivity contribution < 1.29 is 46.6 Å². The second-order valence-corrected chi connectivity index (χ2v) is 8.83. The van der Waals surface area contributed by atoms with Crippen LogP contribution in [-0.4, -0.2) is 75.7 Å². The van der Waals surface area contributed by atoms with Gasteiger partial charge in [0.15, 0.2) is 0 Å². The first kappa shape index (κ1) is 26.4. The van der Waals surface area contributed by atoms with Crippen molar-refractivity contribution in [2.75, 3.05) is 13.1 Å². The molecule has 12 heteroatoms. The van der Waals surface area contributed by atoms with Gasteiger partial charge in [0.25, 0.3) is 11.8 Å². The lowest BCUT2D eigenvalue weighted by Crippen LogP contribution is -2.41. The molecule has 35 heavy (non-hydrogen) atoms. The summed E-state index contributed by atoms with van der Waals surface area (Å²) in [7, 11) is 0. The summed E-state index contributed by atoms with van der Waals surface area (Å²) < 4.78 is 60.2. The number of carbonyl (C=O) groups is 4. The predicted octanol–water partition coefficient (Wildman–Crippen LogP) is 2.85. The average Bonchev–Trinajstić information content (AvgIpc) is 3.31. The fraction of sp³-hybridized carbons (Fsp3) is 0.565. The molecule has 1 N–H and O–H groups in total. The maximum absolute atomic E-state index is 14.0. The van der Waals surface area contributed by atoms with E-state index in [0.717, 1.165) is 4.90 Å². The number of amides is 2. The third-order valence-electron chi connectivity index (χ3n) is 5.99. The largest absolute Gasteiger partial charge is 0.480 e. The van der Waals surface area contributed by atoms with Crippen LogP contribution in [0.5, 0.6) is 0 Å². The molecule has 2 saturated heterocycles. The molecule has 2 aliphatic heterocycles. The Hall–Kier alpha value is -3.18. The lowest BCUT2D eigenvalue weighted by molar-refractivity contribution is -0.154. The molecule has 192 valence electrons. The fourth-order valence-corrected chi connectivity index (χ4v) is 4.25. The highest BCUT2D eigenvalue weighted by molar-refractivity contribution is 5.86. The van der Waals surface area contributed by atoms with Gasteiger partial charge in [-0.3, -0.25) is 9.59 Å². The number of aliphatic carboxylic acids is 1. The minimum Gasteiger partial charge on any atom is -0.480 e. The number of unbranched alkanes of at least 4 members (excludes halogenated alkanes) is 1. The number of carboxylic acids is 1. The number of nitrogens with zero attached hydrogens (tertiary/aromatic N) is 2. The number of carbonyl (C=O) groups excluding carboxylic acids is 3. The third-order valence-corrected chi connectivity index (χ3v) is 5.99. The quantitative estimate of drug-likeness (QED) is 0.317. The number of likely N-dealkylation sites (tertiary alicyclic amines) is 2. The Kier molecular flexibility index (Phi) is 8.01. The van der Waals surface area contributed by atoms with Gasteiger partial charge in [-0.05, 0) is 18.4 Å². The zero-order valence-electron chi connectivity index (χ0n) is 18.8. The zero-order valence-corrected chi connectivity index (χ0v) is 18.8. The van der Waals surface area contributed by atoms with Crippen LogP contribution in [0.25, 0.3) is 0 Å². The van der Waals surface area contributed by atoms with E-state index in [1.807, 2.05) is 0 Å². The van der Waals surface area contributed by atoms with Crippen molar-refractivity contribution in [3.05, 3.63) is 35.9 Å². The monoisotopic (exact) mass is 502 g/mol. The second-order valence-electron chi connectivity index (χ2n) is 8.83. The van der Waals surface area contributed by atoms with Crippen molar-refractivity contribution in [3.63, 3.8) is 0 Å². The van der Waals surface area contributed by atoms with Gasteiger partial charge in [-0.25, -0.2) is 27.2 Å². The second kappa shape index (κ2) is 10.6. The first-order valence-corrected chi connectivity index (χ1v) is 11.2. The van der Waals surface area contributed by atoms with Gasteiger partial charge in [-0.15, -0.1) is 0 Å². The number of carboxylic acid groups (broad SMARTS) is 1. The molecule has 1 aromatic carbocycles. The number of alkyl halides is 4. The summed E-state index contributed by atoms with van der Waals surface area (Å²) in [6.07, 6.45) is -2.20. The Balaban J connectivity index is 1.49. The molecule has 0 aromatic heterocycles. The Bertz CT molecular complexity index is 959. The highest BCUT2D eigenvalue weighted by atomic mass is 19.3. The summed E-state index contributed by atoms with van der Waals surface area (Å²) >= 11 is 0. The van der Waals surface area contributed by atoms with Gasteiger partial charge in [-0.2, -0.15) is 0 Å². The minimum absolute atomic E-state index is 0.0618. The zero-order chi connectivity index (χ0) is 25.8. The third kappa shape index (κ3) is 6.92. The van der Waals surface area contributed by atoms with Crippen LogP contribution in [0.3, 0.4) is 0 Å². The average molecular weight is 502 g/mol. The van der Waals surface area contributed by atoms with E-state index >= 15 is 0 Å². The molecule has 2 atom stereocenters. The van der Waals surface area contributed by atoms with Crippen molar-refractivity contribution in [1.29, 1.82) is 0 Å². The summed E-state index contributed by atoms with van der Waals surface area (Å²) in [4.78, 5) is 49.8. The molecule has 0 saturated carbocycles. The molecule has 2 aliphatic rings. The van der Waals surface area contributed by atoms with Gasteiger partial charge in [0.2, 0.25) is 11.8 Å². The van der Waals surface area contributed by atoms with Crippen LogP contribution in [0.2, 0.25) is 0 Å². The predicted molar refractivity (Wildman–Crippen MR) is 112 cm³/mol. The van der Waals surface area contributed by atoms with E-state index in [2.05, 4.69) is 0 Å². The van der Waals surface area contributed by atoms with Crippen LogP contribution in [0, 0.1) is 0 Å². The summed E-state index contributed by atoms with van der Waals surface area (Å²) in [5.41, 5.74) is 0.661. The van der Waals surface area contributed by atoms with E-state index in [4.69, 9.17) is 9.84 Å². The van der Waals surface area contributed by atoms with Gasteiger partial charge in [0.05, 0.1) is 13.1 Å². The molecule has 2 amide bonds. The molecule has 2 fully saturated rings. The number of benzene rings is 1.